The molecule has 0 spiro atoms. The number of nitrogens with zero attached hydrogens (tertiary/aromatic N) is 1. The average molecular weight is 267 g/mol. The fourth-order valence-electron chi connectivity index (χ4n) is 3.21. The molecule has 18 heavy (non-hydrogen) atoms. The Kier molecular flexibility index (Phi) is 5.22. The third-order valence-electron chi connectivity index (χ3n) is 3.92. The van der Waals surface area contributed by atoms with E-state index in [9.17, 15) is 0 Å². The van der Waals surface area contributed by atoms with Crippen molar-refractivity contribution in [2.24, 2.45) is 0 Å². The van der Waals surface area contributed by atoms with Gasteiger partial charge in [-0.1, -0.05) is 32.8 Å². The first-order valence-corrected chi connectivity index (χ1v) is 8.08. The van der Waals surface area contributed by atoms with E-state index in [2.05, 4.69) is 36.3 Å². The summed E-state index contributed by atoms with van der Waals surface area (Å²) in [6, 6.07) is 4.52. The van der Waals surface area contributed by atoms with Gasteiger partial charge in [0.05, 0.1) is 18.8 Å². The SMILES string of the molecule is CCCC(CCC)(c1cccs1)N1CCOCC1. The fourth-order valence-corrected chi connectivity index (χ4v) is 4.22. The van der Waals surface area contributed by atoms with Gasteiger partial charge in [0, 0.05) is 18.0 Å². The molecule has 3 heteroatoms. The number of ether oxygens (including phenoxy) is 1. The van der Waals surface area contributed by atoms with Crippen LogP contribution in [0.5, 0.6) is 0 Å². The van der Waals surface area contributed by atoms with Crippen molar-refractivity contribution >= 4 is 11.3 Å². The first kappa shape index (κ1) is 14.0. The Morgan fingerprint density at radius 3 is 2.39 bits per heavy atom. The summed E-state index contributed by atoms with van der Waals surface area (Å²) in [6.07, 6.45) is 5.02. The third-order valence-corrected chi connectivity index (χ3v) is 4.99. The standard InChI is InChI=1S/C15H25NOS/c1-3-7-15(8-4-2,14-6-5-13-18-14)16-9-11-17-12-10-16/h5-6,13H,3-4,7-12H2,1-2H3. The Labute approximate surface area is 115 Å². The van der Waals surface area contributed by atoms with Crippen molar-refractivity contribution in [1.29, 1.82) is 0 Å². The highest BCUT2D eigenvalue weighted by Gasteiger charge is 2.38. The van der Waals surface area contributed by atoms with E-state index in [0.717, 1.165) is 26.3 Å². The second-order valence-corrected chi connectivity index (χ2v) is 6.06. The molecule has 1 aromatic heterocycles. The lowest BCUT2D eigenvalue weighted by Gasteiger charge is -2.45. The molecular formula is C15H25NOS. The molecule has 1 fully saturated rings. The summed E-state index contributed by atoms with van der Waals surface area (Å²) in [5.41, 5.74) is 0.265. The highest BCUT2D eigenvalue weighted by molar-refractivity contribution is 7.10. The molecule has 1 saturated heterocycles. The summed E-state index contributed by atoms with van der Waals surface area (Å²) in [4.78, 5) is 4.23. The van der Waals surface area contributed by atoms with E-state index >= 15 is 0 Å². The molecule has 2 rings (SSSR count). The van der Waals surface area contributed by atoms with Gasteiger partial charge in [-0.25, -0.2) is 0 Å². The normalized spacial score (nSPS) is 18.1. The van der Waals surface area contributed by atoms with Crippen molar-refractivity contribution in [3.8, 4) is 0 Å². The van der Waals surface area contributed by atoms with Crippen molar-refractivity contribution in [3.05, 3.63) is 22.4 Å². The molecule has 2 nitrogen and oxygen atoms in total. The maximum atomic E-state index is 5.53. The Morgan fingerprint density at radius 2 is 1.89 bits per heavy atom. The summed E-state index contributed by atoms with van der Waals surface area (Å²) in [7, 11) is 0. The molecule has 0 amide bonds. The first-order valence-electron chi connectivity index (χ1n) is 7.20. The average Bonchev–Trinajstić information content (AvgIpc) is 2.94. The van der Waals surface area contributed by atoms with Crippen LogP contribution in [0.15, 0.2) is 17.5 Å². The van der Waals surface area contributed by atoms with Gasteiger partial charge in [0.1, 0.15) is 0 Å². The van der Waals surface area contributed by atoms with Gasteiger partial charge in [0.25, 0.3) is 0 Å². The van der Waals surface area contributed by atoms with Crippen molar-refractivity contribution in [2.75, 3.05) is 26.3 Å². The Morgan fingerprint density at radius 1 is 1.22 bits per heavy atom. The molecule has 102 valence electrons. The molecule has 0 N–H and O–H groups in total. The smallest absolute Gasteiger partial charge is 0.0594 e. The molecule has 0 bridgehead atoms. The van der Waals surface area contributed by atoms with Gasteiger partial charge < -0.3 is 4.74 Å². The van der Waals surface area contributed by atoms with Gasteiger partial charge in [0.15, 0.2) is 0 Å². The van der Waals surface area contributed by atoms with E-state index in [4.69, 9.17) is 4.74 Å². The highest BCUT2D eigenvalue weighted by Crippen LogP contribution is 2.40. The van der Waals surface area contributed by atoms with Gasteiger partial charge in [-0.3, -0.25) is 4.90 Å². The largest absolute Gasteiger partial charge is 0.379 e. The molecule has 0 atom stereocenters. The number of hydrogen-bond donors (Lipinski definition) is 0. The van der Waals surface area contributed by atoms with Crippen LogP contribution in [0.2, 0.25) is 0 Å². The van der Waals surface area contributed by atoms with E-state index in [1.807, 2.05) is 11.3 Å². The molecule has 1 aromatic rings. The lowest BCUT2D eigenvalue weighted by molar-refractivity contribution is -0.0318. The molecule has 1 aliphatic heterocycles. The number of morpholine rings is 1. The van der Waals surface area contributed by atoms with Crippen molar-refractivity contribution in [2.45, 2.75) is 45.1 Å². The molecule has 0 saturated carbocycles. The summed E-state index contributed by atoms with van der Waals surface area (Å²) in [5.74, 6) is 0. The van der Waals surface area contributed by atoms with Crippen LogP contribution in [0, 0.1) is 0 Å². The van der Waals surface area contributed by atoms with Crippen LogP contribution >= 0.6 is 11.3 Å². The predicted octanol–water partition coefficient (Wildman–Crippen LogP) is 3.88. The minimum atomic E-state index is 0.265. The van der Waals surface area contributed by atoms with E-state index in [1.165, 1.54) is 25.7 Å². The number of thiophene rings is 1. The monoisotopic (exact) mass is 267 g/mol. The Bertz CT molecular complexity index is 324. The van der Waals surface area contributed by atoms with E-state index in [1.54, 1.807) is 4.88 Å². The second-order valence-electron chi connectivity index (χ2n) is 5.11. The van der Waals surface area contributed by atoms with Gasteiger partial charge in [0.2, 0.25) is 0 Å². The lowest BCUT2D eigenvalue weighted by Crippen LogP contribution is -2.51. The maximum absolute atomic E-state index is 5.53. The van der Waals surface area contributed by atoms with Crippen LogP contribution in [-0.2, 0) is 10.3 Å². The zero-order chi connectivity index (χ0) is 12.8. The third kappa shape index (κ3) is 2.79. The summed E-state index contributed by atoms with van der Waals surface area (Å²) < 4.78 is 5.53. The summed E-state index contributed by atoms with van der Waals surface area (Å²) in [5, 5.41) is 2.22. The van der Waals surface area contributed by atoms with Gasteiger partial charge >= 0.3 is 0 Å². The van der Waals surface area contributed by atoms with Crippen LogP contribution < -0.4 is 0 Å². The quantitative estimate of drug-likeness (QED) is 0.775. The first-order chi connectivity index (χ1) is 8.83. The van der Waals surface area contributed by atoms with Crippen molar-refractivity contribution in [1.82, 2.24) is 4.90 Å². The Hall–Kier alpha value is -0.380. The van der Waals surface area contributed by atoms with E-state index < -0.39 is 0 Å². The minimum absolute atomic E-state index is 0.265. The second kappa shape index (κ2) is 6.69. The number of rotatable bonds is 6. The highest BCUT2D eigenvalue weighted by atomic mass is 32.1. The van der Waals surface area contributed by atoms with Gasteiger partial charge in [-0.15, -0.1) is 11.3 Å². The predicted molar refractivity (Wildman–Crippen MR) is 78.2 cm³/mol. The van der Waals surface area contributed by atoms with Crippen LogP contribution in [0.4, 0.5) is 0 Å². The van der Waals surface area contributed by atoms with Crippen LogP contribution in [0.3, 0.4) is 0 Å². The molecule has 0 radical (unpaired) electrons. The maximum Gasteiger partial charge on any atom is 0.0594 e. The molecule has 2 heterocycles. The topological polar surface area (TPSA) is 12.5 Å². The van der Waals surface area contributed by atoms with Crippen molar-refractivity contribution < 1.29 is 4.74 Å². The van der Waals surface area contributed by atoms with E-state index in [0.29, 0.717) is 0 Å². The summed E-state index contributed by atoms with van der Waals surface area (Å²) >= 11 is 1.92. The van der Waals surface area contributed by atoms with Crippen molar-refractivity contribution in [3.63, 3.8) is 0 Å². The zero-order valence-corrected chi connectivity index (χ0v) is 12.5. The van der Waals surface area contributed by atoms with E-state index in [-0.39, 0.29) is 5.54 Å². The van der Waals surface area contributed by atoms with Gasteiger partial charge in [-0.05, 0) is 24.3 Å². The Balaban J connectivity index is 2.29. The molecule has 0 unspecified atom stereocenters. The summed E-state index contributed by atoms with van der Waals surface area (Å²) in [6.45, 7) is 8.55. The zero-order valence-electron chi connectivity index (χ0n) is 11.7. The number of hydrogen-bond acceptors (Lipinski definition) is 3. The lowest BCUT2D eigenvalue weighted by atomic mass is 9.84. The molecule has 1 aliphatic rings. The van der Waals surface area contributed by atoms with Crippen LogP contribution in [0.1, 0.15) is 44.4 Å². The van der Waals surface area contributed by atoms with Crippen LogP contribution in [-0.4, -0.2) is 31.2 Å². The van der Waals surface area contributed by atoms with Crippen LogP contribution in [0.25, 0.3) is 0 Å². The molecular weight excluding hydrogens is 242 g/mol. The molecule has 0 aromatic carbocycles. The van der Waals surface area contributed by atoms with Gasteiger partial charge in [-0.2, -0.15) is 0 Å². The fraction of sp³-hybridized carbons (Fsp3) is 0.733. The minimum Gasteiger partial charge on any atom is -0.379 e. The molecule has 0 aliphatic carbocycles.